The van der Waals surface area contributed by atoms with Crippen LogP contribution in [0.4, 0.5) is 4.39 Å². The van der Waals surface area contributed by atoms with E-state index in [4.69, 9.17) is 0 Å². The van der Waals surface area contributed by atoms with E-state index >= 15 is 0 Å². The maximum Gasteiger partial charge on any atom is 0.251 e. The molecular weight excluding hydrogens is 281 g/mol. The molecule has 0 aliphatic rings. The zero-order valence-electron chi connectivity index (χ0n) is 13.0. The van der Waals surface area contributed by atoms with Crippen LogP contribution in [-0.2, 0) is 5.60 Å². The minimum atomic E-state index is -1.26. The molecule has 1 unspecified atom stereocenters. The molecule has 2 rings (SSSR count). The Morgan fingerprint density at radius 2 is 1.77 bits per heavy atom. The van der Waals surface area contributed by atoms with Crippen molar-refractivity contribution < 1.29 is 14.3 Å². The van der Waals surface area contributed by atoms with Crippen LogP contribution >= 0.6 is 0 Å². The van der Waals surface area contributed by atoms with E-state index in [0.717, 1.165) is 11.1 Å². The summed E-state index contributed by atoms with van der Waals surface area (Å²) in [6, 6.07) is 11.1. The summed E-state index contributed by atoms with van der Waals surface area (Å²) >= 11 is 0. The number of nitrogens with one attached hydrogen (secondary N) is 1. The van der Waals surface area contributed by atoms with Crippen LogP contribution in [-0.4, -0.2) is 17.6 Å². The lowest BCUT2D eigenvalue weighted by atomic mass is 9.96. The summed E-state index contributed by atoms with van der Waals surface area (Å²) < 4.78 is 12.9. The molecule has 2 N–H and O–H groups in total. The topological polar surface area (TPSA) is 49.3 Å². The van der Waals surface area contributed by atoms with E-state index in [1.807, 2.05) is 26.0 Å². The third kappa shape index (κ3) is 3.71. The minimum absolute atomic E-state index is 0.0460. The molecule has 4 heteroatoms. The number of aliphatic hydroxyl groups is 1. The summed E-state index contributed by atoms with van der Waals surface area (Å²) in [6.45, 7) is 5.56. The Hall–Kier alpha value is -2.20. The van der Waals surface area contributed by atoms with Crippen molar-refractivity contribution in [3.63, 3.8) is 0 Å². The second kappa shape index (κ2) is 6.28. The van der Waals surface area contributed by atoms with Crippen molar-refractivity contribution in [1.82, 2.24) is 5.32 Å². The van der Waals surface area contributed by atoms with Gasteiger partial charge < -0.3 is 10.4 Å². The van der Waals surface area contributed by atoms with Crippen molar-refractivity contribution in [3.8, 4) is 0 Å². The highest BCUT2D eigenvalue weighted by molar-refractivity contribution is 5.94. The van der Waals surface area contributed by atoms with E-state index in [9.17, 15) is 14.3 Å². The first-order valence-electron chi connectivity index (χ1n) is 7.13. The van der Waals surface area contributed by atoms with E-state index in [1.165, 1.54) is 24.3 Å². The largest absolute Gasteiger partial charge is 0.384 e. The Morgan fingerprint density at radius 1 is 1.14 bits per heavy atom. The van der Waals surface area contributed by atoms with E-state index in [0.29, 0.717) is 11.1 Å². The Morgan fingerprint density at radius 3 is 2.36 bits per heavy atom. The van der Waals surface area contributed by atoms with Gasteiger partial charge in [-0.25, -0.2) is 4.39 Å². The molecule has 0 aliphatic carbocycles. The van der Waals surface area contributed by atoms with Crippen LogP contribution in [0.2, 0.25) is 0 Å². The van der Waals surface area contributed by atoms with Crippen molar-refractivity contribution in [2.75, 3.05) is 6.54 Å². The first-order valence-corrected chi connectivity index (χ1v) is 7.13. The number of carbonyl (C=O) groups excluding carboxylic acids is 1. The molecule has 0 bridgehead atoms. The van der Waals surface area contributed by atoms with Gasteiger partial charge in [-0.1, -0.05) is 18.2 Å². The molecule has 0 radical (unpaired) electrons. The minimum Gasteiger partial charge on any atom is -0.384 e. The monoisotopic (exact) mass is 301 g/mol. The molecule has 22 heavy (non-hydrogen) atoms. The van der Waals surface area contributed by atoms with Crippen molar-refractivity contribution in [1.29, 1.82) is 0 Å². The molecule has 0 saturated heterocycles. The van der Waals surface area contributed by atoms with Gasteiger partial charge in [0.25, 0.3) is 5.91 Å². The second-order valence-corrected chi connectivity index (χ2v) is 5.76. The predicted molar refractivity (Wildman–Crippen MR) is 84.2 cm³/mol. The van der Waals surface area contributed by atoms with Crippen LogP contribution in [0.3, 0.4) is 0 Å². The number of halogens is 1. The van der Waals surface area contributed by atoms with Crippen LogP contribution in [0, 0.1) is 19.7 Å². The van der Waals surface area contributed by atoms with Gasteiger partial charge in [-0.3, -0.25) is 4.79 Å². The summed E-state index contributed by atoms with van der Waals surface area (Å²) in [6.07, 6.45) is 0. The molecule has 0 saturated carbocycles. The predicted octanol–water partition coefficient (Wildman–Crippen LogP) is 3.08. The zero-order chi connectivity index (χ0) is 16.3. The molecule has 0 heterocycles. The van der Waals surface area contributed by atoms with Gasteiger partial charge in [0.2, 0.25) is 0 Å². The van der Waals surface area contributed by atoms with E-state index < -0.39 is 5.60 Å². The standard InChI is InChI=1S/C18H20FNO2/c1-12-4-5-14(10-13(12)2)17(21)20-11-18(3,22)15-6-8-16(19)9-7-15/h4-10,22H,11H2,1-3H3,(H,20,21). The van der Waals surface area contributed by atoms with Crippen LogP contribution in [0.15, 0.2) is 42.5 Å². The van der Waals surface area contributed by atoms with Gasteiger partial charge in [0.1, 0.15) is 11.4 Å². The fourth-order valence-electron chi connectivity index (χ4n) is 2.15. The highest BCUT2D eigenvalue weighted by atomic mass is 19.1. The first-order chi connectivity index (χ1) is 10.3. The molecule has 0 spiro atoms. The van der Waals surface area contributed by atoms with Crippen LogP contribution in [0.25, 0.3) is 0 Å². The summed E-state index contributed by atoms with van der Waals surface area (Å²) in [5.41, 5.74) is 2.00. The lowest BCUT2D eigenvalue weighted by Gasteiger charge is -2.24. The molecule has 3 nitrogen and oxygen atoms in total. The molecule has 0 aliphatic heterocycles. The van der Waals surface area contributed by atoms with Crippen LogP contribution in [0.1, 0.15) is 34.0 Å². The van der Waals surface area contributed by atoms with Gasteiger partial charge in [0, 0.05) is 5.56 Å². The quantitative estimate of drug-likeness (QED) is 0.912. The SMILES string of the molecule is Cc1ccc(C(=O)NCC(C)(O)c2ccc(F)cc2)cc1C. The van der Waals surface area contributed by atoms with Gasteiger partial charge in [-0.15, -0.1) is 0 Å². The maximum absolute atomic E-state index is 12.9. The van der Waals surface area contributed by atoms with Crippen LogP contribution < -0.4 is 5.32 Å². The summed E-state index contributed by atoms with van der Waals surface area (Å²) in [5.74, 6) is -0.607. The Kier molecular flexibility index (Phi) is 4.62. The van der Waals surface area contributed by atoms with Gasteiger partial charge in [0.05, 0.1) is 6.54 Å². The Balaban J connectivity index is 2.06. The molecule has 0 aromatic heterocycles. The average molecular weight is 301 g/mol. The first kappa shape index (κ1) is 16.2. The van der Waals surface area contributed by atoms with Gasteiger partial charge in [0.15, 0.2) is 0 Å². The number of rotatable bonds is 4. The van der Waals surface area contributed by atoms with Crippen molar-refractivity contribution >= 4 is 5.91 Å². The highest BCUT2D eigenvalue weighted by Gasteiger charge is 2.24. The molecule has 116 valence electrons. The van der Waals surface area contributed by atoms with Crippen molar-refractivity contribution in [3.05, 3.63) is 70.5 Å². The van der Waals surface area contributed by atoms with Gasteiger partial charge in [-0.05, 0) is 61.7 Å². The lowest BCUT2D eigenvalue weighted by Crippen LogP contribution is -2.38. The normalized spacial score (nSPS) is 13.5. The van der Waals surface area contributed by atoms with Crippen molar-refractivity contribution in [2.45, 2.75) is 26.4 Å². The molecular formula is C18H20FNO2. The molecule has 1 atom stereocenters. The van der Waals surface area contributed by atoms with Gasteiger partial charge in [-0.2, -0.15) is 0 Å². The number of hydrogen-bond donors (Lipinski definition) is 2. The molecule has 1 amide bonds. The van der Waals surface area contributed by atoms with E-state index in [1.54, 1.807) is 13.0 Å². The zero-order valence-corrected chi connectivity index (χ0v) is 13.0. The summed E-state index contributed by atoms with van der Waals surface area (Å²) in [4.78, 5) is 12.2. The van der Waals surface area contributed by atoms with Crippen molar-refractivity contribution in [2.24, 2.45) is 0 Å². The Bertz CT molecular complexity index is 678. The third-order valence-electron chi connectivity index (χ3n) is 3.83. The molecule has 2 aromatic rings. The molecule has 0 fully saturated rings. The van der Waals surface area contributed by atoms with Gasteiger partial charge >= 0.3 is 0 Å². The van der Waals surface area contributed by atoms with E-state index in [2.05, 4.69) is 5.32 Å². The van der Waals surface area contributed by atoms with Crippen LogP contribution in [0.5, 0.6) is 0 Å². The summed E-state index contributed by atoms with van der Waals surface area (Å²) in [5, 5.41) is 13.2. The number of benzene rings is 2. The fourth-order valence-corrected chi connectivity index (χ4v) is 2.15. The number of aryl methyl sites for hydroxylation is 2. The summed E-state index contributed by atoms with van der Waals surface area (Å²) in [7, 11) is 0. The number of hydrogen-bond acceptors (Lipinski definition) is 2. The average Bonchev–Trinajstić information content (AvgIpc) is 2.48. The lowest BCUT2D eigenvalue weighted by molar-refractivity contribution is 0.0526. The fraction of sp³-hybridized carbons (Fsp3) is 0.278. The Labute approximate surface area is 129 Å². The highest BCUT2D eigenvalue weighted by Crippen LogP contribution is 2.20. The molecule has 2 aromatic carbocycles. The number of carbonyl (C=O) groups is 1. The third-order valence-corrected chi connectivity index (χ3v) is 3.83. The maximum atomic E-state index is 12.9. The number of amides is 1. The smallest absolute Gasteiger partial charge is 0.251 e. The second-order valence-electron chi connectivity index (χ2n) is 5.76. The van der Waals surface area contributed by atoms with E-state index in [-0.39, 0.29) is 18.3 Å².